The molecule has 0 spiro atoms. The Bertz CT molecular complexity index is 1440. The number of pyridine rings is 2. The van der Waals surface area contributed by atoms with Crippen LogP contribution >= 0.6 is 11.6 Å². The molecule has 4 rings (SSSR count). The minimum atomic E-state index is -3.09. The van der Waals surface area contributed by atoms with Crippen LogP contribution in [0, 0.1) is 13.8 Å². The lowest BCUT2D eigenvalue weighted by atomic mass is 9.97. The molecule has 2 aromatic heterocycles. The summed E-state index contributed by atoms with van der Waals surface area (Å²) in [6, 6.07) is 14.8. The number of aryl methyl sites for hydroxylation is 1. The van der Waals surface area contributed by atoms with E-state index in [1.165, 1.54) is 12.1 Å². The lowest BCUT2D eigenvalue weighted by Crippen LogP contribution is -2.14. The van der Waals surface area contributed by atoms with Crippen LogP contribution in [0.15, 0.2) is 67.0 Å². The average molecular weight is 508 g/mol. The average Bonchev–Trinajstić information content (AvgIpc) is 2.86. The summed E-state index contributed by atoms with van der Waals surface area (Å²) in [7, 11) is 0. The van der Waals surface area contributed by atoms with Gasteiger partial charge in [-0.3, -0.25) is 19.6 Å². The van der Waals surface area contributed by atoms with E-state index in [1.807, 2.05) is 26.0 Å². The van der Waals surface area contributed by atoms with Crippen molar-refractivity contribution in [3.63, 3.8) is 0 Å². The number of hydrogen-bond donors (Lipinski definition) is 1. The fourth-order valence-corrected chi connectivity index (χ4v) is 4.00. The molecule has 0 radical (unpaired) electrons. The lowest BCUT2D eigenvalue weighted by Gasteiger charge is -2.15. The first-order valence-corrected chi connectivity index (χ1v) is 11.2. The Labute approximate surface area is 210 Å². The highest BCUT2D eigenvalue weighted by Gasteiger charge is 2.18. The van der Waals surface area contributed by atoms with E-state index in [1.54, 1.807) is 42.7 Å². The number of rotatable bonds is 7. The highest BCUT2D eigenvalue weighted by Crippen LogP contribution is 2.39. The van der Waals surface area contributed by atoms with Crippen molar-refractivity contribution in [2.45, 2.75) is 20.5 Å². The van der Waals surface area contributed by atoms with Gasteiger partial charge >= 0.3 is 6.61 Å². The number of amides is 1. The number of aldehydes is 1. The summed E-state index contributed by atoms with van der Waals surface area (Å²) in [5, 5.41) is 3.15. The van der Waals surface area contributed by atoms with Gasteiger partial charge in [-0.1, -0.05) is 35.9 Å². The van der Waals surface area contributed by atoms with Crippen LogP contribution in [-0.2, 0) is 0 Å². The topological polar surface area (TPSA) is 81.2 Å². The van der Waals surface area contributed by atoms with Gasteiger partial charge in [0.2, 0.25) is 0 Å². The van der Waals surface area contributed by atoms with Gasteiger partial charge in [0.15, 0.2) is 6.29 Å². The van der Waals surface area contributed by atoms with Gasteiger partial charge in [-0.25, -0.2) is 0 Å². The maximum absolute atomic E-state index is 12.8. The van der Waals surface area contributed by atoms with Crippen LogP contribution in [0.3, 0.4) is 0 Å². The predicted molar refractivity (Wildman–Crippen MR) is 134 cm³/mol. The number of nitrogens with one attached hydrogen (secondary N) is 1. The summed E-state index contributed by atoms with van der Waals surface area (Å²) >= 11 is 6.73. The van der Waals surface area contributed by atoms with Crippen LogP contribution in [-0.4, -0.2) is 28.8 Å². The molecule has 0 bridgehead atoms. The van der Waals surface area contributed by atoms with E-state index in [0.29, 0.717) is 28.8 Å². The lowest BCUT2D eigenvalue weighted by molar-refractivity contribution is -0.0500. The zero-order valence-electron chi connectivity index (χ0n) is 19.3. The normalized spacial score (nSPS) is 10.8. The van der Waals surface area contributed by atoms with E-state index in [9.17, 15) is 18.4 Å². The van der Waals surface area contributed by atoms with Gasteiger partial charge in [-0.05, 0) is 60.9 Å². The molecule has 9 heteroatoms. The molecular formula is C27H20ClF2N3O3. The monoisotopic (exact) mass is 507 g/mol. The highest BCUT2D eigenvalue weighted by atomic mass is 35.5. The summed E-state index contributed by atoms with van der Waals surface area (Å²) in [6.45, 7) is 0.639. The largest absolute Gasteiger partial charge is 0.434 e. The predicted octanol–water partition coefficient (Wildman–Crippen LogP) is 6.75. The smallest absolute Gasteiger partial charge is 0.387 e. The third-order valence-corrected chi connectivity index (χ3v) is 5.92. The van der Waals surface area contributed by atoms with Crippen LogP contribution in [0.2, 0.25) is 5.02 Å². The van der Waals surface area contributed by atoms with E-state index in [2.05, 4.69) is 20.0 Å². The van der Waals surface area contributed by atoms with Gasteiger partial charge in [-0.2, -0.15) is 8.78 Å². The highest BCUT2D eigenvalue weighted by molar-refractivity contribution is 6.35. The Balaban J connectivity index is 1.71. The number of hydrogen-bond acceptors (Lipinski definition) is 5. The molecule has 1 amide bonds. The summed E-state index contributed by atoms with van der Waals surface area (Å²) in [6.07, 6.45) is 3.59. The fourth-order valence-electron chi connectivity index (χ4n) is 3.68. The Morgan fingerprint density at radius 1 is 1.06 bits per heavy atom. The minimum Gasteiger partial charge on any atom is -0.434 e. The third kappa shape index (κ3) is 5.23. The number of nitrogens with zero attached hydrogens (tertiary/aromatic N) is 2. The Kier molecular flexibility index (Phi) is 7.36. The number of alkyl halides is 2. The Morgan fingerprint density at radius 3 is 2.56 bits per heavy atom. The van der Waals surface area contributed by atoms with E-state index in [-0.39, 0.29) is 27.9 Å². The molecular weight excluding hydrogens is 488 g/mol. The molecule has 0 saturated carbocycles. The molecule has 4 aromatic rings. The molecule has 0 saturated heterocycles. The van der Waals surface area contributed by atoms with Crippen molar-refractivity contribution >= 4 is 29.5 Å². The Morgan fingerprint density at radius 2 is 1.86 bits per heavy atom. The molecule has 6 nitrogen and oxygen atoms in total. The number of halogens is 3. The minimum absolute atomic E-state index is 0.0197. The number of carbonyl (C=O) groups is 2. The molecule has 182 valence electrons. The van der Waals surface area contributed by atoms with Crippen LogP contribution in [0.5, 0.6) is 5.75 Å². The van der Waals surface area contributed by atoms with Crippen molar-refractivity contribution in [1.29, 1.82) is 0 Å². The van der Waals surface area contributed by atoms with Gasteiger partial charge in [0.25, 0.3) is 5.91 Å². The summed E-state index contributed by atoms with van der Waals surface area (Å²) in [4.78, 5) is 32.4. The summed E-state index contributed by atoms with van der Waals surface area (Å²) < 4.78 is 30.1. The van der Waals surface area contributed by atoms with E-state index in [0.717, 1.165) is 16.7 Å². The van der Waals surface area contributed by atoms with Gasteiger partial charge in [0.1, 0.15) is 11.4 Å². The van der Waals surface area contributed by atoms with Crippen LogP contribution in [0.4, 0.5) is 14.5 Å². The SMILES string of the molecule is Cc1ccc(C(=O)Nc2cccc(-c3ccnc(-c4ccc(C=O)c(OC(F)F)c4)c3Cl)c2C)nc1. The van der Waals surface area contributed by atoms with E-state index >= 15 is 0 Å². The molecule has 0 aliphatic heterocycles. The first-order valence-electron chi connectivity index (χ1n) is 10.8. The van der Waals surface area contributed by atoms with Crippen LogP contribution < -0.4 is 10.1 Å². The Hall–Kier alpha value is -4.17. The van der Waals surface area contributed by atoms with Gasteiger partial charge in [0.05, 0.1) is 16.3 Å². The van der Waals surface area contributed by atoms with Crippen molar-refractivity contribution in [2.75, 3.05) is 5.32 Å². The number of anilines is 1. The summed E-state index contributed by atoms with van der Waals surface area (Å²) in [5.41, 5.74) is 4.64. The molecule has 0 aliphatic carbocycles. The number of ether oxygens (including phenoxy) is 1. The van der Waals surface area contributed by atoms with Crippen molar-refractivity contribution < 1.29 is 23.1 Å². The second kappa shape index (κ2) is 10.6. The summed E-state index contributed by atoms with van der Waals surface area (Å²) in [5.74, 6) is -0.620. The third-order valence-electron chi connectivity index (χ3n) is 5.54. The zero-order valence-corrected chi connectivity index (χ0v) is 20.0. The van der Waals surface area contributed by atoms with Crippen molar-refractivity contribution in [3.05, 3.63) is 94.4 Å². The number of benzene rings is 2. The fraction of sp³-hybridized carbons (Fsp3) is 0.111. The quantitative estimate of drug-likeness (QED) is 0.280. The zero-order chi connectivity index (χ0) is 25.8. The van der Waals surface area contributed by atoms with E-state index < -0.39 is 6.61 Å². The number of aromatic nitrogens is 2. The molecule has 0 unspecified atom stereocenters. The first kappa shape index (κ1) is 24.9. The second-order valence-electron chi connectivity index (χ2n) is 7.92. The molecule has 0 atom stereocenters. The van der Waals surface area contributed by atoms with Crippen LogP contribution in [0.1, 0.15) is 32.0 Å². The van der Waals surface area contributed by atoms with Gasteiger partial charge in [-0.15, -0.1) is 0 Å². The van der Waals surface area contributed by atoms with Crippen molar-refractivity contribution in [2.24, 2.45) is 0 Å². The molecule has 2 heterocycles. The molecule has 2 aromatic carbocycles. The molecule has 1 N–H and O–H groups in total. The van der Waals surface area contributed by atoms with Crippen molar-refractivity contribution in [1.82, 2.24) is 9.97 Å². The molecule has 0 aliphatic rings. The first-order chi connectivity index (χ1) is 17.3. The molecule has 0 fully saturated rings. The number of carbonyl (C=O) groups excluding carboxylic acids is 2. The molecule has 36 heavy (non-hydrogen) atoms. The van der Waals surface area contributed by atoms with Crippen molar-refractivity contribution in [3.8, 4) is 28.1 Å². The van der Waals surface area contributed by atoms with Gasteiger partial charge in [0, 0.05) is 29.2 Å². The maximum Gasteiger partial charge on any atom is 0.387 e. The second-order valence-corrected chi connectivity index (χ2v) is 8.30. The standard InChI is InChI=1S/C27H20ClF2N3O3/c1-15-6-9-22(32-13-15)26(35)33-21-5-3-4-19(16(21)2)20-10-11-31-25(24(20)28)17-7-8-18(14-34)23(12-17)36-27(29)30/h3-14,27H,1-2H3,(H,33,35). The van der Waals surface area contributed by atoms with E-state index in [4.69, 9.17) is 11.6 Å². The van der Waals surface area contributed by atoms with Gasteiger partial charge < -0.3 is 10.1 Å². The van der Waals surface area contributed by atoms with Crippen LogP contribution in [0.25, 0.3) is 22.4 Å². The maximum atomic E-state index is 12.8.